The first-order valence-electron chi connectivity index (χ1n) is 13.9. The number of nitrogens with one attached hydrogen (secondary N) is 1. The van der Waals surface area contributed by atoms with Crippen LogP contribution in [0, 0.1) is 13.8 Å². The van der Waals surface area contributed by atoms with Crippen LogP contribution in [0.2, 0.25) is 0 Å². The van der Waals surface area contributed by atoms with Crippen molar-refractivity contribution in [1.29, 1.82) is 0 Å². The first-order valence-corrected chi connectivity index (χ1v) is 15.4. The number of sulfonamides is 1. The van der Waals surface area contributed by atoms with Crippen LogP contribution in [0.25, 0.3) is 0 Å². The third-order valence-electron chi connectivity index (χ3n) is 6.61. The molecule has 1 N–H and O–H groups in total. The van der Waals surface area contributed by atoms with Gasteiger partial charge in [0.15, 0.2) is 0 Å². The molecule has 0 heterocycles. The van der Waals surface area contributed by atoms with Crippen molar-refractivity contribution in [3.05, 3.63) is 89.5 Å². The highest BCUT2D eigenvalue weighted by Gasteiger charge is 2.33. The van der Waals surface area contributed by atoms with Crippen molar-refractivity contribution < 1.29 is 22.7 Å². The lowest BCUT2D eigenvalue weighted by Crippen LogP contribution is -2.53. The predicted molar refractivity (Wildman–Crippen MR) is 162 cm³/mol. The van der Waals surface area contributed by atoms with Crippen molar-refractivity contribution in [3.63, 3.8) is 0 Å². The molecule has 0 bridgehead atoms. The van der Waals surface area contributed by atoms with Gasteiger partial charge in [-0.3, -0.25) is 13.9 Å². The van der Waals surface area contributed by atoms with E-state index in [0.717, 1.165) is 21.0 Å². The van der Waals surface area contributed by atoms with Crippen molar-refractivity contribution in [2.75, 3.05) is 17.5 Å². The summed E-state index contributed by atoms with van der Waals surface area (Å²) in [6, 6.07) is 19.9. The van der Waals surface area contributed by atoms with E-state index in [2.05, 4.69) is 5.32 Å². The van der Waals surface area contributed by atoms with Crippen LogP contribution in [-0.4, -0.2) is 50.4 Å². The van der Waals surface area contributed by atoms with E-state index in [1.807, 2.05) is 65.8 Å². The maximum absolute atomic E-state index is 14.1. The average molecular weight is 580 g/mol. The first kappa shape index (κ1) is 31.7. The molecular formula is C32H41N3O5S. The van der Waals surface area contributed by atoms with E-state index in [-0.39, 0.29) is 23.4 Å². The molecule has 0 aliphatic heterocycles. The Morgan fingerprint density at radius 3 is 1.93 bits per heavy atom. The molecule has 0 saturated heterocycles. The number of benzene rings is 3. The Labute approximate surface area is 244 Å². The Hall–Kier alpha value is -3.85. The van der Waals surface area contributed by atoms with Crippen LogP contribution in [0.1, 0.15) is 50.8 Å². The summed E-state index contributed by atoms with van der Waals surface area (Å²) in [4.78, 5) is 28.9. The highest BCUT2D eigenvalue weighted by molar-refractivity contribution is 7.92. The Kier molecular flexibility index (Phi) is 10.9. The maximum atomic E-state index is 14.1. The smallest absolute Gasteiger partial charge is 0.264 e. The van der Waals surface area contributed by atoms with Crippen LogP contribution in [0.5, 0.6) is 5.75 Å². The van der Waals surface area contributed by atoms with E-state index < -0.39 is 28.5 Å². The molecule has 2 amide bonds. The van der Waals surface area contributed by atoms with Crippen molar-refractivity contribution in [1.82, 2.24) is 10.2 Å². The molecule has 0 radical (unpaired) electrons. The number of hydrogen-bond donors (Lipinski definition) is 1. The lowest BCUT2D eigenvalue weighted by Gasteiger charge is -2.33. The third kappa shape index (κ3) is 8.33. The number of carbonyl (C=O) groups is 2. The number of anilines is 1. The number of aryl methyl sites for hydroxylation is 2. The van der Waals surface area contributed by atoms with Crippen molar-refractivity contribution in [2.45, 2.75) is 71.5 Å². The second-order valence-corrected chi connectivity index (χ2v) is 12.2. The minimum atomic E-state index is -4.13. The molecule has 220 valence electrons. The minimum Gasteiger partial charge on any atom is -0.494 e. The van der Waals surface area contributed by atoms with E-state index in [0.29, 0.717) is 24.5 Å². The monoisotopic (exact) mass is 579 g/mol. The van der Waals surface area contributed by atoms with Gasteiger partial charge in [0.05, 0.1) is 17.2 Å². The summed E-state index contributed by atoms with van der Waals surface area (Å²) in [6.45, 7) is 11.4. The minimum absolute atomic E-state index is 0.0689. The van der Waals surface area contributed by atoms with Gasteiger partial charge in [-0.05, 0) is 83.0 Å². The molecule has 0 aliphatic carbocycles. The van der Waals surface area contributed by atoms with Gasteiger partial charge in [-0.1, -0.05) is 54.4 Å². The summed E-state index contributed by atoms with van der Waals surface area (Å²) in [6.07, 6.45) is 0.365. The van der Waals surface area contributed by atoms with E-state index in [1.165, 1.54) is 17.0 Å². The molecule has 1 atom stereocenters. The highest BCUT2D eigenvalue weighted by atomic mass is 32.2. The zero-order chi connectivity index (χ0) is 30.2. The topological polar surface area (TPSA) is 96.0 Å². The molecule has 0 aromatic heterocycles. The van der Waals surface area contributed by atoms with Gasteiger partial charge < -0.3 is 15.0 Å². The van der Waals surface area contributed by atoms with E-state index in [4.69, 9.17) is 4.74 Å². The predicted octanol–water partition coefficient (Wildman–Crippen LogP) is 5.23. The molecule has 3 rings (SSSR count). The van der Waals surface area contributed by atoms with Crippen LogP contribution < -0.4 is 14.4 Å². The van der Waals surface area contributed by atoms with E-state index in [1.54, 1.807) is 36.4 Å². The van der Waals surface area contributed by atoms with Gasteiger partial charge in [-0.2, -0.15) is 0 Å². The Morgan fingerprint density at radius 2 is 1.41 bits per heavy atom. The summed E-state index contributed by atoms with van der Waals surface area (Å²) in [5.74, 6) is -0.175. The molecule has 0 saturated carbocycles. The fraction of sp³-hybridized carbons (Fsp3) is 0.375. The molecule has 0 aliphatic rings. The molecule has 9 heteroatoms. The summed E-state index contributed by atoms with van der Waals surface area (Å²) >= 11 is 0. The number of nitrogens with zero attached hydrogens (tertiary/aromatic N) is 2. The molecule has 3 aromatic carbocycles. The number of carbonyl (C=O) groups excluding carboxylic acids is 2. The van der Waals surface area contributed by atoms with E-state index >= 15 is 0 Å². The van der Waals surface area contributed by atoms with Crippen molar-refractivity contribution >= 4 is 27.5 Å². The SMILES string of the molecule is CCOc1ccc(N(CC(=O)N(Cc2ccc(C)cc2)[C@H](CC)C(=O)NC(C)C)S(=O)(=O)c2ccc(C)cc2)cc1. The largest absolute Gasteiger partial charge is 0.494 e. The van der Waals surface area contributed by atoms with Gasteiger partial charge in [-0.25, -0.2) is 8.42 Å². The number of amides is 2. The Morgan fingerprint density at radius 1 is 0.854 bits per heavy atom. The lowest BCUT2D eigenvalue weighted by molar-refractivity contribution is -0.140. The van der Waals surface area contributed by atoms with Crippen LogP contribution in [0.3, 0.4) is 0 Å². The normalized spacial score (nSPS) is 12.1. The Bertz CT molecular complexity index is 1400. The molecular weight excluding hydrogens is 538 g/mol. The maximum Gasteiger partial charge on any atom is 0.264 e. The zero-order valence-electron chi connectivity index (χ0n) is 24.8. The quantitative estimate of drug-likeness (QED) is 0.299. The van der Waals surface area contributed by atoms with Crippen LogP contribution in [0.15, 0.2) is 77.7 Å². The molecule has 8 nitrogen and oxygen atoms in total. The van der Waals surface area contributed by atoms with Gasteiger partial charge in [0.25, 0.3) is 10.0 Å². The van der Waals surface area contributed by atoms with E-state index in [9.17, 15) is 18.0 Å². The van der Waals surface area contributed by atoms with Gasteiger partial charge in [0.1, 0.15) is 18.3 Å². The summed E-state index contributed by atoms with van der Waals surface area (Å²) in [5, 5.41) is 2.91. The Balaban J connectivity index is 2.06. The number of hydrogen-bond acceptors (Lipinski definition) is 5. The third-order valence-corrected chi connectivity index (χ3v) is 8.40. The highest BCUT2D eigenvalue weighted by Crippen LogP contribution is 2.27. The molecule has 3 aromatic rings. The fourth-order valence-electron chi connectivity index (χ4n) is 4.43. The zero-order valence-corrected chi connectivity index (χ0v) is 25.6. The second-order valence-electron chi connectivity index (χ2n) is 10.3. The summed E-state index contributed by atoms with van der Waals surface area (Å²) < 4.78 is 34.6. The van der Waals surface area contributed by atoms with Gasteiger partial charge >= 0.3 is 0 Å². The van der Waals surface area contributed by atoms with Gasteiger partial charge in [0, 0.05) is 12.6 Å². The van der Waals surface area contributed by atoms with Crippen LogP contribution in [0.4, 0.5) is 5.69 Å². The van der Waals surface area contributed by atoms with Crippen molar-refractivity contribution in [3.8, 4) is 5.75 Å². The van der Waals surface area contributed by atoms with Gasteiger partial charge in [-0.15, -0.1) is 0 Å². The van der Waals surface area contributed by atoms with Gasteiger partial charge in [0.2, 0.25) is 11.8 Å². The molecule has 0 unspecified atom stereocenters. The lowest BCUT2D eigenvalue weighted by atomic mass is 10.1. The molecule has 0 fully saturated rings. The molecule has 0 spiro atoms. The standard InChI is InChI=1S/C32H41N3O5S/c1-7-30(32(37)33-23(3)4)34(21-26-13-9-24(5)10-14-26)31(36)22-35(27-15-17-28(18-16-27)40-8-2)41(38,39)29-19-11-25(6)12-20-29/h9-20,23,30H,7-8,21-22H2,1-6H3,(H,33,37)/t30-/m1/s1. The number of rotatable bonds is 13. The first-order chi connectivity index (χ1) is 19.5. The number of ether oxygens (including phenoxy) is 1. The van der Waals surface area contributed by atoms with Crippen LogP contribution >= 0.6 is 0 Å². The fourth-order valence-corrected chi connectivity index (χ4v) is 5.85. The average Bonchev–Trinajstić information content (AvgIpc) is 2.93. The van der Waals surface area contributed by atoms with Crippen molar-refractivity contribution in [2.24, 2.45) is 0 Å². The summed E-state index contributed by atoms with van der Waals surface area (Å²) in [7, 11) is -4.13. The summed E-state index contributed by atoms with van der Waals surface area (Å²) in [5.41, 5.74) is 3.15. The molecule has 41 heavy (non-hydrogen) atoms. The second kappa shape index (κ2) is 14.2. The van der Waals surface area contributed by atoms with Crippen LogP contribution in [-0.2, 0) is 26.2 Å².